The highest BCUT2D eigenvalue weighted by Gasteiger charge is 2.38. The Morgan fingerprint density at radius 3 is 2.14 bits per heavy atom. The van der Waals surface area contributed by atoms with E-state index in [1.165, 1.54) is 6.07 Å². The monoisotopic (exact) mass is 531 g/mol. The van der Waals surface area contributed by atoms with Crippen molar-refractivity contribution in [3.63, 3.8) is 0 Å². The van der Waals surface area contributed by atoms with Crippen LogP contribution in [0.3, 0.4) is 0 Å². The van der Waals surface area contributed by atoms with Crippen molar-refractivity contribution in [2.45, 2.75) is 76.6 Å². The summed E-state index contributed by atoms with van der Waals surface area (Å²) in [5.41, 5.74) is 0.161. The normalized spacial score (nSPS) is 22.7. The number of hydrogen-bond donors (Lipinski definition) is 0. The van der Waals surface area contributed by atoms with Gasteiger partial charge in [0.05, 0.1) is 11.3 Å². The number of carbonyl (C=O) groups is 1. The summed E-state index contributed by atoms with van der Waals surface area (Å²) in [6.45, 7) is 7.93. The molecular formula is C25H36F3N3O4S. The molecule has 0 atom stereocenters. The zero-order valence-corrected chi connectivity index (χ0v) is 22.0. The Bertz CT molecular complexity index is 1060. The lowest BCUT2D eigenvalue weighted by atomic mass is 9.87. The number of alkyl halides is 3. The lowest BCUT2D eigenvalue weighted by molar-refractivity contribution is -0.137. The molecule has 0 N–H and O–H groups in total. The topological polar surface area (TPSA) is 70.2 Å². The minimum Gasteiger partial charge on any atom is -0.444 e. The maximum absolute atomic E-state index is 13.6. The number of benzene rings is 1. The number of rotatable bonds is 3. The second kappa shape index (κ2) is 10.0. The predicted molar refractivity (Wildman–Crippen MR) is 132 cm³/mol. The van der Waals surface area contributed by atoms with Crippen molar-refractivity contribution in [2.24, 2.45) is 0 Å². The molecule has 0 aliphatic carbocycles. The number of piperidine rings is 2. The van der Waals surface area contributed by atoms with Gasteiger partial charge in [-0.25, -0.2) is 13.2 Å². The quantitative estimate of drug-likeness (QED) is 0.559. The van der Waals surface area contributed by atoms with Crippen molar-refractivity contribution < 1.29 is 31.1 Å². The number of carbonyl (C=O) groups excluding carboxylic acids is 1. The van der Waals surface area contributed by atoms with E-state index in [1.54, 1.807) is 15.3 Å². The number of halogens is 3. The molecule has 4 rings (SSSR count). The molecule has 0 spiro atoms. The van der Waals surface area contributed by atoms with Gasteiger partial charge in [-0.2, -0.15) is 17.5 Å². The SMILES string of the molecule is CC(C)(C)OC(=O)N1CCC(c2ccc(C(F)(F)F)cc2N2CCC(N3CCCS3(=O)=O)CC2)CC1. The van der Waals surface area contributed by atoms with Crippen molar-refractivity contribution in [2.75, 3.05) is 43.4 Å². The maximum atomic E-state index is 13.6. The van der Waals surface area contributed by atoms with E-state index < -0.39 is 27.4 Å². The molecule has 1 amide bonds. The smallest absolute Gasteiger partial charge is 0.416 e. The lowest BCUT2D eigenvalue weighted by Gasteiger charge is -2.40. The third-order valence-corrected chi connectivity index (χ3v) is 9.29. The molecule has 0 radical (unpaired) electrons. The highest BCUT2D eigenvalue weighted by Crippen LogP contribution is 2.40. The summed E-state index contributed by atoms with van der Waals surface area (Å²) in [4.78, 5) is 16.1. The van der Waals surface area contributed by atoms with Gasteiger partial charge < -0.3 is 14.5 Å². The first-order valence-corrected chi connectivity index (χ1v) is 14.3. The van der Waals surface area contributed by atoms with Crippen molar-refractivity contribution in [3.8, 4) is 0 Å². The number of hydrogen-bond acceptors (Lipinski definition) is 5. The second-order valence-corrected chi connectivity index (χ2v) is 13.1. The van der Waals surface area contributed by atoms with Crippen LogP contribution in [0.25, 0.3) is 0 Å². The van der Waals surface area contributed by atoms with E-state index in [0.717, 1.165) is 11.6 Å². The number of likely N-dealkylation sites (tertiary alicyclic amines) is 1. The molecule has 7 nitrogen and oxygen atoms in total. The number of amides is 1. The molecule has 1 aromatic carbocycles. The summed E-state index contributed by atoms with van der Waals surface area (Å²) in [5.74, 6) is 0.199. The van der Waals surface area contributed by atoms with E-state index in [0.29, 0.717) is 70.5 Å². The molecule has 0 unspecified atom stereocenters. The van der Waals surface area contributed by atoms with E-state index in [2.05, 4.69) is 0 Å². The minimum atomic E-state index is -4.45. The van der Waals surface area contributed by atoms with Gasteiger partial charge in [-0.1, -0.05) is 6.07 Å². The third kappa shape index (κ3) is 6.10. The summed E-state index contributed by atoms with van der Waals surface area (Å²) < 4.78 is 72.5. The molecule has 1 aromatic rings. The van der Waals surface area contributed by atoms with Crippen molar-refractivity contribution in [3.05, 3.63) is 29.3 Å². The summed E-state index contributed by atoms with van der Waals surface area (Å²) in [5, 5.41) is 0. The number of sulfonamides is 1. The van der Waals surface area contributed by atoms with Gasteiger partial charge in [0.25, 0.3) is 0 Å². The Morgan fingerprint density at radius 2 is 1.61 bits per heavy atom. The van der Waals surface area contributed by atoms with Crippen LogP contribution in [0.1, 0.15) is 69.9 Å². The predicted octanol–water partition coefficient (Wildman–Crippen LogP) is 4.82. The van der Waals surface area contributed by atoms with Crippen molar-refractivity contribution >= 4 is 21.8 Å². The van der Waals surface area contributed by atoms with Gasteiger partial charge in [0.1, 0.15) is 5.60 Å². The Kier molecular flexibility index (Phi) is 7.54. The average Bonchev–Trinajstić information content (AvgIpc) is 3.16. The van der Waals surface area contributed by atoms with Gasteiger partial charge in [-0.3, -0.25) is 0 Å². The van der Waals surface area contributed by atoms with Gasteiger partial charge in [0.15, 0.2) is 0 Å². The average molecular weight is 532 g/mol. The van der Waals surface area contributed by atoms with Crippen molar-refractivity contribution in [1.82, 2.24) is 9.21 Å². The van der Waals surface area contributed by atoms with E-state index in [-0.39, 0.29) is 23.8 Å². The fourth-order valence-electron chi connectivity index (χ4n) is 5.50. The van der Waals surface area contributed by atoms with Crippen LogP contribution in [-0.2, 0) is 20.9 Å². The summed E-state index contributed by atoms with van der Waals surface area (Å²) in [6.07, 6.45) is -1.73. The zero-order valence-electron chi connectivity index (χ0n) is 21.2. The van der Waals surface area contributed by atoms with Gasteiger partial charge in [-0.05, 0) is 76.5 Å². The Hall–Kier alpha value is -2.01. The third-order valence-electron chi connectivity index (χ3n) is 7.29. The molecule has 202 valence electrons. The molecule has 3 heterocycles. The van der Waals surface area contributed by atoms with Gasteiger partial charge in [-0.15, -0.1) is 0 Å². The fourth-order valence-corrected chi connectivity index (χ4v) is 7.30. The molecule has 0 aromatic heterocycles. The summed E-state index contributed by atoms with van der Waals surface area (Å²) in [6, 6.07) is 3.87. The van der Waals surface area contributed by atoms with Crippen LogP contribution in [0.4, 0.5) is 23.7 Å². The van der Waals surface area contributed by atoms with Crippen LogP contribution in [-0.4, -0.2) is 73.8 Å². The molecule has 3 saturated heterocycles. The molecule has 0 saturated carbocycles. The highest BCUT2D eigenvalue weighted by atomic mass is 32.2. The fraction of sp³-hybridized carbons (Fsp3) is 0.720. The molecule has 3 aliphatic heterocycles. The molecular weight excluding hydrogens is 495 g/mol. The molecule has 11 heteroatoms. The van der Waals surface area contributed by atoms with Crippen molar-refractivity contribution in [1.29, 1.82) is 0 Å². The number of ether oxygens (including phenoxy) is 1. The number of nitrogens with zero attached hydrogens (tertiary/aromatic N) is 3. The molecule has 36 heavy (non-hydrogen) atoms. The largest absolute Gasteiger partial charge is 0.444 e. The molecule has 3 aliphatic rings. The second-order valence-electron chi connectivity index (χ2n) is 11.0. The zero-order chi connectivity index (χ0) is 26.3. The first-order valence-electron chi connectivity index (χ1n) is 12.7. The maximum Gasteiger partial charge on any atom is 0.416 e. The van der Waals surface area contributed by atoms with Gasteiger partial charge in [0.2, 0.25) is 10.0 Å². The van der Waals surface area contributed by atoms with Crippen LogP contribution < -0.4 is 4.90 Å². The minimum absolute atomic E-state index is 0.0256. The number of anilines is 1. The summed E-state index contributed by atoms with van der Waals surface area (Å²) >= 11 is 0. The first kappa shape index (κ1) is 27.0. The van der Waals surface area contributed by atoms with Gasteiger partial charge >= 0.3 is 12.3 Å². The van der Waals surface area contributed by atoms with Crippen LogP contribution in [0, 0.1) is 0 Å². The summed E-state index contributed by atoms with van der Waals surface area (Å²) in [7, 11) is -3.22. The Morgan fingerprint density at radius 1 is 0.972 bits per heavy atom. The van der Waals surface area contributed by atoms with Crippen LogP contribution in [0.15, 0.2) is 18.2 Å². The van der Waals surface area contributed by atoms with Gasteiger partial charge in [0, 0.05) is 44.5 Å². The van der Waals surface area contributed by atoms with E-state index in [9.17, 15) is 26.4 Å². The molecule has 3 fully saturated rings. The Balaban J connectivity index is 1.50. The van der Waals surface area contributed by atoms with E-state index >= 15 is 0 Å². The Labute approximate surface area is 211 Å². The van der Waals surface area contributed by atoms with E-state index in [4.69, 9.17) is 4.74 Å². The van der Waals surface area contributed by atoms with E-state index in [1.807, 2.05) is 25.7 Å². The standard InChI is InChI=1S/C25H36F3N3O4S/c1-24(2,3)35-23(32)30-12-7-18(8-13-30)21-6-5-19(25(26,27)28)17-22(21)29-14-9-20(10-15-29)31-11-4-16-36(31,33)34/h5-6,17-18,20H,4,7-16H2,1-3H3. The van der Waals surface area contributed by atoms with Crippen LogP contribution >= 0.6 is 0 Å². The highest BCUT2D eigenvalue weighted by molar-refractivity contribution is 7.89. The van der Waals surface area contributed by atoms with Crippen LogP contribution in [0.5, 0.6) is 0 Å². The molecule has 0 bridgehead atoms. The van der Waals surface area contributed by atoms with Crippen LogP contribution in [0.2, 0.25) is 0 Å². The lowest BCUT2D eigenvalue weighted by Crippen LogP contribution is -2.46. The first-order chi connectivity index (χ1) is 16.7.